The number of hydrogen-bond acceptors (Lipinski definition) is 15. The summed E-state index contributed by atoms with van der Waals surface area (Å²) in [4.78, 5) is 126. The number of aliphatic hydroxyl groups excluding tert-OH is 2. The Balaban J connectivity index is 1.73. The van der Waals surface area contributed by atoms with Crippen LogP contribution in [0.3, 0.4) is 0 Å². The SMILES string of the molecule is CC(=O)OCc1ccc(NC(=O)C(CCC(N)=O)NC(=O)C(CC(C)C)NC(=O)C(CCCCN)NC(=O)C(CO)NC(=O)C(CO)NC(=O)C(Cc2cnc[nH]2)NC(=O)N2CCOCC2)cc1. The number of urea groups is 1. The van der Waals surface area contributed by atoms with Gasteiger partial charge in [-0.15, -0.1) is 0 Å². The van der Waals surface area contributed by atoms with Crippen molar-refractivity contribution < 1.29 is 62.8 Å². The van der Waals surface area contributed by atoms with E-state index >= 15 is 0 Å². The number of amides is 9. The quantitative estimate of drug-likeness (QED) is 0.0297. The predicted octanol–water partition coefficient (Wildman–Crippen LogP) is -3.09. The summed E-state index contributed by atoms with van der Waals surface area (Å²) in [5, 5.41) is 38.1. The van der Waals surface area contributed by atoms with E-state index in [1.54, 1.807) is 38.1 Å². The van der Waals surface area contributed by atoms with Gasteiger partial charge in [-0.25, -0.2) is 9.78 Å². The van der Waals surface area contributed by atoms with Gasteiger partial charge in [-0.2, -0.15) is 0 Å². The summed E-state index contributed by atoms with van der Waals surface area (Å²) in [6.45, 7) is 4.33. The fraction of sp³-hybridized carbons (Fsp3) is 0.581. The van der Waals surface area contributed by atoms with Crippen LogP contribution >= 0.6 is 0 Å². The first-order chi connectivity index (χ1) is 32.4. The van der Waals surface area contributed by atoms with E-state index in [1.807, 2.05) is 0 Å². The van der Waals surface area contributed by atoms with Crippen molar-refractivity contribution in [1.29, 1.82) is 0 Å². The standard InChI is InChI=1S/C43H66N12O13/c1-25(2)18-32(39(62)50-31(11-12-36(45)59)37(60)48-28-9-7-27(8-10-28)23-68-26(3)58)51-38(61)30(6-4-5-13-44)49-41(64)34(21-56)53-42(65)35(22-57)52-40(63)33(19-29-20-46-24-47-29)54-43(66)55-14-16-67-17-15-55/h7-10,20,24-25,30-35,56-57H,4-6,11-19,21-23,44H2,1-3H3,(H2,45,59)(H,46,47)(H,48,60)(H,49,64)(H,50,62)(H,51,61)(H,52,63)(H,53,65)(H,54,66). The molecule has 0 aliphatic carbocycles. The Labute approximate surface area is 393 Å². The molecule has 0 saturated carbocycles. The van der Waals surface area contributed by atoms with E-state index < -0.39 is 103 Å². The molecule has 1 aliphatic rings. The lowest BCUT2D eigenvalue weighted by Gasteiger charge is -2.29. The second-order valence-electron chi connectivity index (χ2n) is 16.4. The van der Waals surface area contributed by atoms with Crippen LogP contribution in [-0.2, 0) is 60.9 Å². The summed E-state index contributed by atoms with van der Waals surface area (Å²) in [6.07, 6.45) is 3.12. The van der Waals surface area contributed by atoms with Crippen LogP contribution in [0.5, 0.6) is 0 Å². The molecule has 0 spiro atoms. The van der Waals surface area contributed by atoms with Crippen LogP contribution in [0.15, 0.2) is 36.8 Å². The summed E-state index contributed by atoms with van der Waals surface area (Å²) in [5.74, 6) is -6.66. The summed E-state index contributed by atoms with van der Waals surface area (Å²) < 4.78 is 10.3. The third-order valence-corrected chi connectivity index (χ3v) is 10.4. The second kappa shape index (κ2) is 29.1. The number of H-pyrrole nitrogens is 1. The number of aliphatic hydroxyl groups is 2. The molecule has 2 aromatic rings. The van der Waals surface area contributed by atoms with E-state index in [2.05, 4.69) is 47.2 Å². The molecule has 1 aromatic carbocycles. The van der Waals surface area contributed by atoms with E-state index in [0.29, 0.717) is 43.0 Å². The minimum Gasteiger partial charge on any atom is -0.461 e. The summed E-state index contributed by atoms with van der Waals surface area (Å²) in [5.41, 5.74) is 12.5. The second-order valence-corrected chi connectivity index (χ2v) is 16.4. The molecule has 68 heavy (non-hydrogen) atoms. The average Bonchev–Trinajstić information content (AvgIpc) is 3.83. The molecule has 6 atom stereocenters. The smallest absolute Gasteiger partial charge is 0.318 e. The number of nitrogens with two attached hydrogens (primary N) is 2. The number of ether oxygens (including phenoxy) is 2. The number of benzene rings is 1. The number of anilines is 1. The van der Waals surface area contributed by atoms with Crippen LogP contribution in [0, 0.1) is 5.92 Å². The largest absolute Gasteiger partial charge is 0.461 e. The molecule has 2 heterocycles. The van der Waals surface area contributed by atoms with Crippen molar-refractivity contribution in [3.63, 3.8) is 0 Å². The number of esters is 1. The number of unbranched alkanes of at least 4 members (excludes halogenated alkanes) is 1. The van der Waals surface area contributed by atoms with Gasteiger partial charge in [-0.3, -0.25) is 38.4 Å². The third kappa shape index (κ3) is 19.6. The Morgan fingerprint density at radius 3 is 1.82 bits per heavy atom. The molecule has 1 saturated heterocycles. The molecule has 0 radical (unpaired) electrons. The van der Waals surface area contributed by atoms with Crippen molar-refractivity contribution in [2.75, 3.05) is 51.4 Å². The number of morpholine rings is 1. The van der Waals surface area contributed by atoms with Gasteiger partial charge in [0.05, 0.1) is 32.8 Å². The number of carbonyl (C=O) groups is 9. The first kappa shape index (κ1) is 55.6. The van der Waals surface area contributed by atoms with Crippen molar-refractivity contribution in [3.8, 4) is 0 Å². The third-order valence-electron chi connectivity index (χ3n) is 10.4. The lowest BCUT2D eigenvalue weighted by molar-refractivity contribution is -0.142. The molecule has 1 fully saturated rings. The highest BCUT2D eigenvalue weighted by Gasteiger charge is 2.34. The predicted molar refractivity (Wildman–Crippen MR) is 242 cm³/mol. The zero-order valence-electron chi connectivity index (χ0n) is 38.5. The minimum atomic E-state index is -1.70. The van der Waals surface area contributed by atoms with Gasteiger partial charge in [0.15, 0.2) is 0 Å². The number of aromatic amines is 1. The van der Waals surface area contributed by atoms with Gasteiger partial charge < -0.3 is 78.3 Å². The summed E-state index contributed by atoms with van der Waals surface area (Å²) in [7, 11) is 0. The Morgan fingerprint density at radius 1 is 0.750 bits per heavy atom. The summed E-state index contributed by atoms with van der Waals surface area (Å²) >= 11 is 0. The average molecular weight is 959 g/mol. The fourth-order valence-electron chi connectivity index (χ4n) is 6.70. The molecule has 3 rings (SSSR count). The van der Waals surface area contributed by atoms with Gasteiger partial charge in [0.1, 0.15) is 42.9 Å². The van der Waals surface area contributed by atoms with Crippen molar-refractivity contribution in [3.05, 3.63) is 48.0 Å². The number of rotatable bonds is 28. The highest BCUT2D eigenvalue weighted by atomic mass is 16.5. The van der Waals surface area contributed by atoms with Gasteiger partial charge >= 0.3 is 12.0 Å². The van der Waals surface area contributed by atoms with Crippen LogP contribution in [0.25, 0.3) is 0 Å². The van der Waals surface area contributed by atoms with Gasteiger partial charge in [0.2, 0.25) is 41.4 Å². The normalized spacial score (nSPS) is 15.0. The monoisotopic (exact) mass is 958 g/mol. The molecule has 25 heteroatoms. The van der Waals surface area contributed by atoms with E-state index in [-0.39, 0.29) is 64.3 Å². The fourth-order valence-corrected chi connectivity index (χ4v) is 6.70. The lowest BCUT2D eigenvalue weighted by Crippen LogP contribution is -2.61. The van der Waals surface area contributed by atoms with Crippen LogP contribution in [0.2, 0.25) is 0 Å². The lowest BCUT2D eigenvalue weighted by atomic mass is 10.0. The minimum absolute atomic E-state index is 0.00338. The highest BCUT2D eigenvalue weighted by Crippen LogP contribution is 2.14. The van der Waals surface area contributed by atoms with Crippen LogP contribution in [0.4, 0.5) is 10.5 Å². The van der Waals surface area contributed by atoms with Gasteiger partial charge in [-0.05, 0) is 62.3 Å². The van der Waals surface area contributed by atoms with Gasteiger partial charge in [0, 0.05) is 50.4 Å². The maximum atomic E-state index is 13.9. The maximum Gasteiger partial charge on any atom is 0.318 e. The van der Waals surface area contributed by atoms with E-state index in [4.69, 9.17) is 20.9 Å². The maximum absolute atomic E-state index is 13.9. The van der Waals surface area contributed by atoms with Crippen LogP contribution < -0.4 is 48.7 Å². The van der Waals surface area contributed by atoms with E-state index in [9.17, 15) is 53.4 Å². The molecule has 14 N–H and O–H groups in total. The molecule has 376 valence electrons. The van der Waals surface area contributed by atoms with Crippen molar-refractivity contribution in [2.24, 2.45) is 17.4 Å². The number of nitrogens with zero attached hydrogens (tertiary/aromatic N) is 2. The summed E-state index contributed by atoms with van der Waals surface area (Å²) in [6, 6.07) is -2.74. The molecule has 1 aromatic heterocycles. The zero-order valence-corrected chi connectivity index (χ0v) is 38.5. The Bertz CT molecular complexity index is 1980. The number of nitrogens with one attached hydrogen (secondary N) is 8. The zero-order chi connectivity index (χ0) is 50.2. The number of aromatic nitrogens is 2. The van der Waals surface area contributed by atoms with E-state index in [1.165, 1.54) is 24.3 Å². The first-order valence-corrected chi connectivity index (χ1v) is 22.3. The first-order valence-electron chi connectivity index (χ1n) is 22.3. The molecule has 9 amide bonds. The number of carbonyl (C=O) groups excluding carboxylic acids is 9. The topological polar surface area (TPSA) is 381 Å². The van der Waals surface area contributed by atoms with Crippen molar-refractivity contribution in [2.45, 2.75) is 109 Å². The molecule has 6 unspecified atom stereocenters. The molecule has 0 bridgehead atoms. The molecule has 1 aliphatic heterocycles. The molecule has 25 nitrogen and oxygen atoms in total. The van der Waals surface area contributed by atoms with Crippen LogP contribution in [-0.4, -0.2) is 161 Å². The molecular weight excluding hydrogens is 893 g/mol. The number of imidazole rings is 1. The van der Waals surface area contributed by atoms with Crippen LogP contribution in [0.1, 0.15) is 70.6 Å². The van der Waals surface area contributed by atoms with Gasteiger partial charge in [-0.1, -0.05) is 26.0 Å². The van der Waals surface area contributed by atoms with Gasteiger partial charge in [0.25, 0.3) is 0 Å². The Kier molecular flexibility index (Phi) is 23.8. The van der Waals surface area contributed by atoms with E-state index in [0.717, 1.165) is 0 Å². The Morgan fingerprint density at radius 2 is 1.29 bits per heavy atom. The molecular formula is C43H66N12O13. The number of primary amides is 1. The highest BCUT2D eigenvalue weighted by molar-refractivity contribution is 6.00. The Hall–Kier alpha value is -6.70. The van der Waals surface area contributed by atoms with Crippen molar-refractivity contribution >= 4 is 59.0 Å². The van der Waals surface area contributed by atoms with Crippen molar-refractivity contribution in [1.82, 2.24) is 46.8 Å². The number of hydrogen-bond donors (Lipinski definition) is 12.